The van der Waals surface area contributed by atoms with E-state index in [4.69, 9.17) is 5.73 Å². The van der Waals surface area contributed by atoms with Crippen LogP contribution in [-0.2, 0) is 24.8 Å². The molecule has 94 valence electrons. The first-order valence-corrected chi connectivity index (χ1v) is 5.73. The van der Waals surface area contributed by atoms with Crippen molar-refractivity contribution in [1.82, 2.24) is 15.1 Å². The molecule has 0 saturated heterocycles. The molecule has 0 fully saturated rings. The van der Waals surface area contributed by atoms with E-state index >= 15 is 0 Å². The zero-order valence-electron chi connectivity index (χ0n) is 10.3. The number of hydrogen-bond donors (Lipinski definition) is 2. The molecule has 0 aliphatic heterocycles. The molecular formula is C13H16N4O. The van der Waals surface area contributed by atoms with Crippen molar-refractivity contribution in [3.63, 3.8) is 0 Å². The molecule has 18 heavy (non-hydrogen) atoms. The molecule has 0 aliphatic rings. The van der Waals surface area contributed by atoms with Crippen LogP contribution in [0.25, 0.3) is 0 Å². The molecule has 0 radical (unpaired) electrons. The van der Waals surface area contributed by atoms with Gasteiger partial charge in [0.1, 0.15) is 0 Å². The molecule has 0 spiro atoms. The Kier molecular flexibility index (Phi) is 3.62. The zero-order chi connectivity index (χ0) is 13.0. The van der Waals surface area contributed by atoms with Crippen molar-refractivity contribution >= 4 is 11.6 Å². The third kappa shape index (κ3) is 3.35. The van der Waals surface area contributed by atoms with Crippen LogP contribution >= 0.6 is 0 Å². The molecule has 2 rings (SSSR count). The number of nitrogens with two attached hydrogens (primary N) is 1. The Morgan fingerprint density at radius 1 is 1.33 bits per heavy atom. The summed E-state index contributed by atoms with van der Waals surface area (Å²) < 4.78 is 1.71. The Bertz CT molecular complexity index is 530. The fourth-order valence-corrected chi connectivity index (χ4v) is 1.63. The number of carbonyl (C=O) groups excluding carboxylic acids is 1. The Morgan fingerprint density at radius 2 is 2.06 bits per heavy atom. The van der Waals surface area contributed by atoms with Crippen molar-refractivity contribution in [1.29, 1.82) is 0 Å². The zero-order valence-corrected chi connectivity index (χ0v) is 10.3. The molecule has 1 heterocycles. The minimum absolute atomic E-state index is 0.0228. The smallest absolute Gasteiger partial charge is 0.224 e. The van der Waals surface area contributed by atoms with Crippen LogP contribution in [0.3, 0.4) is 0 Å². The lowest BCUT2D eigenvalue weighted by atomic mass is 10.1. The Labute approximate surface area is 106 Å². The number of nitrogen functional groups attached to an aromatic ring is 1. The van der Waals surface area contributed by atoms with Gasteiger partial charge in [-0.1, -0.05) is 12.1 Å². The molecule has 5 heteroatoms. The van der Waals surface area contributed by atoms with Crippen LogP contribution in [0.5, 0.6) is 0 Å². The van der Waals surface area contributed by atoms with Gasteiger partial charge in [-0.15, -0.1) is 0 Å². The summed E-state index contributed by atoms with van der Waals surface area (Å²) in [4.78, 5) is 11.7. The Morgan fingerprint density at radius 3 is 2.67 bits per heavy atom. The molecule has 0 bridgehead atoms. The number of rotatable bonds is 4. The minimum Gasteiger partial charge on any atom is -0.399 e. The van der Waals surface area contributed by atoms with Gasteiger partial charge in [0, 0.05) is 18.9 Å². The van der Waals surface area contributed by atoms with Gasteiger partial charge in [-0.25, -0.2) is 0 Å². The molecule has 0 saturated carbocycles. The second-order valence-corrected chi connectivity index (χ2v) is 4.18. The fourth-order valence-electron chi connectivity index (χ4n) is 1.63. The highest BCUT2D eigenvalue weighted by atomic mass is 16.1. The molecule has 1 aromatic heterocycles. The molecule has 2 aromatic rings. The van der Waals surface area contributed by atoms with Gasteiger partial charge < -0.3 is 11.1 Å². The van der Waals surface area contributed by atoms with E-state index in [1.807, 2.05) is 31.4 Å². The van der Waals surface area contributed by atoms with E-state index in [1.165, 1.54) is 0 Å². The molecule has 0 unspecified atom stereocenters. The van der Waals surface area contributed by atoms with E-state index in [1.54, 1.807) is 16.8 Å². The van der Waals surface area contributed by atoms with E-state index in [0.29, 0.717) is 18.7 Å². The largest absolute Gasteiger partial charge is 0.399 e. The average molecular weight is 244 g/mol. The maximum absolute atomic E-state index is 11.7. The number of nitrogens with zero attached hydrogens (tertiary/aromatic N) is 2. The second-order valence-electron chi connectivity index (χ2n) is 4.18. The van der Waals surface area contributed by atoms with Crippen LogP contribution in [0.4, 0.5) is 5.69 Å². The van der Waals surface area contributed by atoms with Crippen LogP contribution in [0, 0.1) is 0 Å². The summed E-state index contributed by atoms with van der Waals surface area (Å²) in [5.41, 5.74) is 8.08. The van der Waals surface area contributed by atoms with Crippen molar-refractivity contribution in [2.75, 3.05) is 5.73 Å². The van der Waals surface area contributed by atoms with Gasteiger partial charge in [0.15, 0.2) is 0 Å². The van der Waals surface area contributed by atoms with Crippen LogP contribution in [0.2, 0.25) is 0 Å². The van der Waals surface area contributed by atoms with E-state index in [2.05, 4.69) is 10.4 Å². The van der Waals surface area contributed by atoms with Gasteiger partial charge >= 0.3 is 0 Å². The average Bonchev–Trinajstić information content (AvgIpc) is 2.76. The number of hydrogen-bond acceptors (Lipinski definition) is 3. The van der Waals surface area contributed by atoms with Gasteiger partial charge in [0.05, 0.1) is 18.7 Å². The van der Waals surface area contributed by atoms with E-state index in [9.17, 15) is 4.79 Å². The maximum Gasteiger partial charge on any atom is 0.224 e. The molecule has 5 nitrogen and oxygen atoms in total. The van der Waals surface area contributed by atoms with Crippen LogP contribution in [0.15, 0.2) is 36.5 Å². The first-order valence-electron chi connectivity index (χ1n) is 5.73. The van der Waals surface area contributed by atoms with Gasteiger partial charge in [0.2, 0.25) is 5.91 Å². The minimum atomic E-state index is -0.0228. The number of anilines is 1. The summed E-state index contributed by atoms with van der Waals surface area (Å²) in [6.07, 6.45) is 2.20. The van der Waals surface area contributed by atoms with Crippen molar-refractivity contribution in [2.24, 2.45) is 7.05 Å². The first kappa shape index (κ1) is 12.2. The molecule has 3 N–H and O–H groups in total. The number of aromatic nitrogens is 2. The SMILES string of the molecule is Cn1ccc(CNC(=O)Cc2ccc(N)cc2)n1. The topological polar surface area (TPSA) is 72.9 Å². The number of benzene rings is 1. The van der Waals surface area contributed by atoms with E-state index in [0.717, 1.165) is 11.3 Å². The summed E-state index contributed by atoms with van der Waals surface area (Å²) in [6.45, 7) is 0.453. The van der Waals surface area contributed by atoms with Gasteiger partial charge in [-0.05, 0) is 23.8 Å². The first-order chi connectivity index (χ1) is 8.63. The van der Waals surface area contributed by atoms with Crippen molar-refractivity contribution < 1.29 is 4.79 Å². The quantitative estimate of drug-likeness (QED) is 0.783. The number of carbonyl (C=O) groups is 1. The lowest BCUT2D eigenvalue weighted by Crippen LogP contribution is -2.24. The lowest BCUT2D eigenvalue weighted by molar-refractivity contribution is -0.120. The highest BCUT2D eigenvalue weighted by molar-refractivity contribution is 5.78. The third-order valence-corrected chi connectivity index (χ3v) is 2.58. The van der Waals surface area contributed by atoms with Crippen molar-refractivity contribution in [2.45, 2.75) is 13.0 Å². The Hall–Kier alpha value is -2.30. The summed E-state index contributed by atoms with van der Waals surface area (Å²) in [5.74, 6) is -0.0228. The summed E-state index contributed by atoms with van der Waals surface area (Å²) in [7, 11) is 1.85. The molecule has 1 amide bonds. The predicted molar refractivity (Wildman–Crippen MR) is 69.6 cm³/mol. The molecule has 0 atom stereocenters. The van der Waals surface area contributed by atoms with Crippen LogP contribution in [0.1, 0.15) is 11.3 Å². The standard InChI is InChI=1S/C13H16N4O/c1-17-7-6-12(16-17)9-15-13(18)8-10-2-4-11(14)5-3-10/h2-7H,8-9,14H2,1H3,(H,15,18). The summed E-state index contributed by atoms with van der Waals surface area (Å²) in [5, 5.41) is 7.02. The summed E-state index contributed by atoms with van der Waals surface area (Å²) in [6, 6.07) is 9.18. The predicted octanol–water partition coefficient (Wildman–Crippen LogP) is 0.861. The van der Waals surface area contributed by atoms with E-state index in [-0.39, 0.29) is 5.91 Å². The molecule has 1 aromatic carbocycles. The third-order valence-electron chi connectivity index (χ3n) is 2.58. The Balaban J connectivity index is 1.83. The highest BCUT2D eigenvalue weighted by Gasteiger charge is 2.04. The second kappa shape index (κ2) is 5.35. The molecular weight excluding hydrogens is 228 g/mol. The molecule has 0 aliphatic carbocycles. The van der Waals surface area contributed by atoms with Crippen LogP contribution < -0.4 is 11.1 Å². The van der Waals surface area contributed by atoms with Crippen molar-refractivity contribution in [3.05, 3.63) is 47.8 Å². The van der Waals surface area contributed by atoms with Gasteiger partial charge in [-0.3, -0.25) is 9.48 Å². The van der Waals surface area contributed by atoms with Gasteiger partial charge in [-0.2, -0.15) is 5.10 Å². The van der Waals surface area contributed by atoms with Crippen molar-refractivity contribution in [3.8, 4) is 0 Å². The summed E-state index contributed by atoms with van der Waals surface area (Å²) >= 11 is 0. The number of aryl methyl sites for hydroxylation is 1. The maximum atomic E-state index is 11.7. The monoisotopic (exact) mass is 244 g/mol. The van der Waals surface area contributed by atoms with E-state index < -0.39 is 0 Å². The normalized spacial score (nSPS) is 10.3. The highest BCUT2D eigenvalue weighted by Crippen LogP contribution is 2.06. The fraction of sp³-hybridized carbons (Fsp3) is 0.231. The number of amides is 1. The number of nitrogens with one attached hydrogen (secondary N) is 1. The van der Waals surface area contributed by atoms with Crippen LogP contribution in [-0.4, -0.2) is 15.7 Å². The lowest BCUT2D eigenvalue weighted by Gasteiger charge is -2.04. The van der Waals surface area contributed by atoms with Gasteiger partial charge in [0.25, 0.3) is 0 Å².